The minimum Gasteiger partial charge on any atom is -0.393 e. The van der Waals surface area contributed by atoms with E-state index in [9.17, 15) is 10.2 Å². The van der Waals surface area contributed by atoms with Crippen molar-refractivity contribution in [2.75, 3.05) is 0 Å². The highest BCUT2D eigenvalue weighted by atomic mass is 16.3. The molecule has 3 saturated carbocycles. The highest BCUT2D eigenvalue weighted by Crippen LogP contribution is 2.59. The van der Waals surface area contributed by atoms with Gasteiger partial charge >= 0.3 is 0 Å². The normalized spacial score (nSPS) is 39.3. The van der Waals surface area contributed by atoms with E-state index >= 15 is 0 Å². The number of hydrogen-bond acceptors (Lipinski definition) is 2. The molecule has 3 fully saturated rings. The summed E-state index contributed by atoms with van der Waals surface area (Å²) in [5, 5.41) is 20.2. The molecule has 0 amide bonds. The maximum absolute atomic E-state index is 10.1. The number of aliphatic hydroxyl groups excluding tert-OH is 2. The van der Waals surface area contributed by atoms with Gasteiger partial charge in [-0.15, -0.1) is 0 Å². The van der Waals surface area contributed by atoms with Gasteiger partial charge in [-0.1, -0.05) is 71.3 Å². The van der Waals surface area contributed by atoms with Crippen molar-refractivity contribution in [1.29, 1.82) is 0 Å². The maximum atomic E-state index is 10.1. The van der Waals surface area contributed by atoms with E-state index in [-0.39, 0.29) is 0 Å². The molecule has 0 unspecified atom stereocenters. The van der Waals surface area contributed by atoms with E-state index < -0.39 is 12.2 Å². The van der Waals surface area contributed by atoms with E-state index in [1.807, 2.05) is 0 Å². The van der Waals surface area contributed by atoms with Gasteiger partial charge in [-0.2, -0.15) is 0 Å². The van der Waals surface area contributed by atoms with Crippen LogP contribution >= 0.6 is 0 Å². The molecule has 0 heterocycles. The van der Waals surface area contributed by atoms with Crippen molar-refractivity contribution < 1.29 is 10.2 Å². The summed E-state index contributed by atoms with van der Waals surface area (Å²) < 4.78 is 0. The molecular formula is C27H44O2. The molecule has 164 valence electrons. The highest BCUT2D eigenvalue weighted by molar-refractivity contribution is 5.38. The van der Waals surface area contributed by atoms with Gasteiger partial charge in [-0.3, -0.25) is 0 Å². The number of aliphatic hydroxyl groups is 2. The molecule has 0 aromatic carbocycles. The van der Waals surface area contributed by atoms with Crippen molar-refractivity contribution in [2.24, 2.45) is 29.1 Å². The Kier molecular flexibility index (Phi) is 7.49. The Hall–Kier alpha value is -0.860. The fraction of sp³-hybridized carbons (Fsp3) is 0.778. The molecule has 0 aromatic heterocycles. The Balaban J connectivity index is 1.71. The molecule has 0 radical (unpaired) electrons. The van der Waals surface area contributed by atoms with Crippen molar-refractivity contribution in [1.82, 2.24) is 0 Å². The van der Waals surface area contributed by atoms with E-state index in [4.69, 9.17) is 0 Å². The predicted octanol–water partition coefficient (Wildman–Crippen LogP) is 6.59. The number of fused-ring (bicyclic) bond motifs is 1. The summed E-state index contributed by atoms with van der Waals surface area (Å²) in [6.45, 7) is 13.8. The van der Waals surface area contributed by atoms with Crippen LogP contribution in [0.1, 0.15) is 91.9 Å². The first-order valence-corrected chi connectivity index (χ1v) is 12.2. The third-order valence-electron chi connectivity index (χ3n) is 8.43. The number of hydrogen-bond donors (Lipinski definition) is 2. The summed E-state index contributed by atoms with van der Waals surface area (Å²) in [6.07, 6.45) is 15.2. The van der Waals surface area contributed by atoms with E-state index in [1.54, 1.807) is 5.57 Å². The van der Waals surface area contributed by atoms with Crippen LogP contribution in [0.15, 0.2) is 35.5 Å². The zero-order valence-corrected chi connectivity index (χ0v) is 19.3. The van der Waals surface area contributed by atoms with Crippen LogP contribution in [0.5, 0.6) is 0 Å². The van der Waals surface area contributed by atoms with Gasteiger partial charge in [0, 0.05) is 6.42 Å². The van der Waals surface area contributed by atoms with Gasteiger partial charge in [0.15, 0.2) is 0 Å². The van der Waals surface area contributed by atoms with Crippen molar-refractivity contribution in [3.8, 4) is 0 Å². The molecule has 0 bridgehead atoms. The van der Waals surface area contributed by atoms with Crippen LogP contribution in [-0.4, -0.2) is 22.4 Å². The first kappa shape index (κ1) is 22.8. The maximum Gasteiger partial charge on any atom is 0.0811 e. The average molecular weight is 401 g/mol. The van der Waals surface area contributed by atoms with Crippen molar-refractivity contribution >= 4 is 0 Å². The van der Waals surface area contributed by atoms with Gasteiger partial charge in [0.25, 0.3) is 0 Å². The Labute approximate surface area is 179 Å². The minimum absolute atomic E-state index is 0.420. The standard InChI is InChI=1S/C27H44O2/c1-18(2)8-6-9-19(3)24-13-14-25-21(10-7-15-27(24,25)5)11-12-22-16-23(28)17-26(29)20(22)4/h11-12,18-19,23-26,28-29H,4,6-10,13-17H2,1-3,5H3/t19-,23+,24+,25-,26-,27+/m0/s1. The Morgan fingerprint density at radius 3 is 2.62 bits per heavy atom. The highest BCUT2D eigenvalue weighted by Gasteiger charge is 2.50. The third kappa shape index (κ3) is 5.07. The van der Waals surface area contributed by atoms with Crippen LogP contribution in [-0.2, 0) is 0 Å². The van der Waals surface area contributed by atoms with Crippen LogP contribution in [0, 0.1) is 29.1 Å². The fourth-order valence-electron chi connectivity index (χ4n) is 6.73. The molecule has 2 nitrogen and oxygen atoms in total. The van der Waals surface area contributed by atoms with Crippen molar-refractivity contribution in [3.05, 3.63) is 35.5 Å². The molecule has 0 aliphatic heterocycles. The molecule has 0 aromatic rings. The summed E-state index contributed by atoms with van der Waals surface area (Å²) in [4.78, 5) is 0. The summed E-state index contributed by atoms with van der Waals surface area (Å²) >= 11 is 0. The Morgan fingerprint density at radius 1 is 1.14 bits per heavy atom. The van der Waals surface area contributed by atoms with E-state index in [0.717, 1.165) is 28.9 Å². The monoisotopic (exact) mass is 400 g/mol. The van der Waals surface area contributed by atoms with Crippen LogP contribution in [0.25, 0.3) is 0 Å². The van der Waals surface area contributed by atoms with Crippen molar-refractivity contribution in [2.45, 2.75) is 104 Å². The first-order valence-electron chi connectivity index (χ1n) is 12.2. The van der Waals surface area contributed by atoms with Gasteiger partial charge in [-0.05, 0) is 78.8 Å². The zero-order valence-electron chi connectivity index (χ0n) is 19.3. The minimum atomic E-state index is -0.595. The molecule has 3 aliphatic rings. The summed E-state index contributed by atoms with van der Waals surface area (Å²) in [5.41, 5.74) is 3.88. The molecule has 2 N–H and O–H groups in total. The molecule has 6 atom stereocenters. The topological polar surface area (TPSA) is 40.5 Å². The first-order chi connectivity index (χ1) is 13.7. The quantitative estimate of drug-likeness (QED) is 0.528. The van der Waals surface area contributed by atoms with Crippen LogP contribution in [0.3, 0.4) is 0 Å². The van der Waals surface area contributed by atoms with Crippen LogP contribution in [0.4, 0.5) is 0 Å². The molecule has 0 saturated heterocycles. The number of allylic oxidation sites excluding steroid dienone is 3. The zero-order chi connectivity index (χ0) is 21.2. The smallest absolute Gasteiger partial charge is 0.0811 e. The lowest BCUT2D eigenvalue weighted by atomic mass is 9.60. The second-order valence-electron chi connectivity index (χ2n) is 11.0. The number of rotatable bonds is 6. The molecule has 0 spiro atoms. The molecular weight excluding hydrogens is 356 g/mol. The van der Waals surface area contributed by atoms with Gasteiger partial charge in [-0.25, -0.2) is 0 Å². The van der Waals surface area contributed by atoms with Gasteiger partial charge in [0.2, 0.25) is 0 Å². The second kappa shape index (κ2) is 9.52. The van der Waals surface area contributed by atoms with E-state index in [2.05, 4.69) is 46.4 Å². The largest absolute Gasteiger partial charge is 0.393 e. The average Bonchev–Trinajstić information content (AvgIpc) is 3.00. The lowest BCUT2D eigenvalue weighted by Gasteiger charge is -2.44. The lowest BCUT2D eigenvalue weighted by molar-refractivity contribution is 0.0861. The van der Waals surface area contributed by atoms with Gasteiger partial charge in [0.1, 0.15) is 0 Å². The second-order valence-corrected chi connectivity index (χ2v) is 11.0. The third-order valence-corrected chi connectivity index (χ3v) is 8.43. The fourth-order valence-corrected chi connectivity index (χ4v) is 6.73. The van der Waals surface area contributed by atoms with Crippen LogP contribution in [0.2, 0.25) is 0 Å². The van der Waals surface area contributed by atoms with E-state index in [0.29, 0.717) is 24.2 Å². The Morgan fingerprint density at radius 2 is 1.90 bits per heavy atom. The van der Waals surface area contributed by atoms with Crippen LogP contribution < -0.4 is 0 Å². The molecule has 3 rings (SSSR count). The summed E-state index contributed by atoms with van der Waals surface area (Å²) in [5.74, 6) is 3.20. The summed E-state index contributed by atoms with van der Waals surface area (Å²) in [7, 11) is 0. The molecule has 2 heteroatoms. The van der Waals surface area contributed by atoms with Gasteiger partial charge < -0.3 is 10.2 Å². The summed E-state index contributed by atoms with van der Waals surface area (Å²) in [6, 6.07) is 0. The lowest BCUT2D eigenvalue weighted by Crippen LogP contribution is -2.36. The molecule has 3 aliphatic carbocycles. The predicted molar refractivity (Wildman–Crippen MR) is 123 cm³/mol. The SMILES string of the molecule is C=C1C(=CC=C2CCC[C@]3(C)[C@@H]([C@@H](C)CCCC(C)C)CC[C@@H]23)C[C@@H](O)C[C@@H]1O. The van der Waals surface area contributed by atoms with E-state index in [1.165, 1.54) is 51.4 Å². The van der Waals surface area contributed by atoms with Gasteiger partial charge in [0.05, 0.1) is 12.2 Å². The molecule has 29 heavy (non-hydrogen) atoms. The van der Waals surface area contributed by atoms with Crippen molar-refractivity contribution in [3.63, 3.8) is 0 Å². The Bertz CT molecular complexity index is 643.